The van der Waals surface area contributed by atoms with Crippen LogP contribution in [-0.4, -0.2) is 28.8 Å². The van der Waals surface area contributed by atoms with Gasteiger partial charge >= 0.3 is 0 Å². The van der Waals surface area contributed by atoms with Gasteiger partial charge < -0.3 is 10.3 Å². The highest BCUT2D eigenvalue weighted by Gasteiger charge is 2.13. The summed E-state index contributed by atoms with van der Waals surface area (Å²) in [5, 5.41) is 4.10. The van der Waals surface area contributed by atoms with E-state index in [9.17, 15) is 4.79 Å². The van der Waals surface area contributed by atoms with E-state index < -0.39 is 0 Å². The van der Waals surface area contributed by atoms with Crippen molar-refractivity contribution in [3.8, 4) is 0 Å². The van der Waals surface area contributed by atoms with Crippen molar-refractivity contribution in [2.75, 3.05) is 18.8 Å². The van der Waals surface area contributed by atoms with Gasteiger partial charge in [0.05, 0.1) is 0 Å². The van der Waals surface area contributed by atoms with E-state index in [1.165, 1.54) is 18.9 Å². The van der Waals surface area contributed by atoms with Crippen LogP contribution in [0.25, 0.3) is 0 Å². The number of aromatic nitrogens is 2. The van der Waals surface area contributed by atoms with Crippen LogP contribution >= 0.6 is 11.8 Å². The van der Waals surface area contributed by atoms with Gasteiger partial charge in [-0.3, -0.25) is 4.79 Å². The average molecular weight is 239 g/mol. The summed E-state index contributed by atoms with van der Waals surface area (Å²) < 4.78 is 0. The number of H-pyrrole nitrogens is 1. The van der Waals surface area contributed by atoms with Crippen LogP contribution in [0.15, 0.2) is 16.0 Å². The first-order valence-corrected chi connectivity index (χ1v) is 6.64. The van der Waals surface area contributed by atoms with Gasteiger partial charge in [-0.15, -0.1) is 0 Å². The minimum absolute atomic E-state index is 0.0553. The molecule has 5 heteroatoms. The lowest BCUT2D eigenvalue weighted by molar-refractivity contribution is 0.407. The molecule has 0 spiro atoms. The molecule has 1 aromatic heterocycles. The van der Waals surface area contributed by atoms with Crippen LogP contribution in [0.3, 0.4) is 0 Å². The third kappa shape index (κ3) is 3.35. The number of nitrogens with zero attached hydrogens (tertiary/aromatic N) is 1. The van der Waals surface area contributed by atoms with Crippen molar-refractivity contribution in [2.45, 2.75) is 24.9 Å². The van der Waals surface area contributed by atoms with Crippen molar-refractivity contribution in [2.24, 2.45) is 5.92 Å². The van der Waals surface area contributed by atoms with Crippen LogP contribution in [0.5, 0.6) is 0 Å². The summed E-state index contributed by atoms with van der Waals surface area (Å²) in [5.74, 6) is 1.80. The quantitative estimate of drug-likeness (QED) is 0.614. The molecule has 0 aliphatic carbocycles. The van der Waals surface area contributed by atoms with Gasteiger partial charge in [0.1, 0.15) is 0 Å². The number of piperidine rings is 1. The van der Waals surface area contributed by atoms with Crippen molar-refractivity contribution in [3.05, 3.63) is 22.1 Å². The lowest BCUT2D eigenvalue weighted by Gasteiger charge is -2.21. The van der Waals surface area contributed by atoms with E-state index in [-0.39, 0.29) is 5.56 Å². The SMILES string of the molecule is Cc1cc(=O)[nH]c(SCC2CCNCC2)n1. The zero-order valence-corrected chi connectivity index (χ0v) is 10.3. The molecule has 1 aliphatic rings. The molecule has 0 aromatic carbocycles. The first kappa shape index (κ1) is 11.7. The molecule has 2 rings (SSSR count). The molecule has 0 atom stereocenters. The molecule has 1 fully saturated rings. The van der Waals surface area contributed by atoms with E-state index in [0.29, 0.717) is 0 Å². The van der Waals surface area contributed by atoms with E-state index in [1.807, 2.05) is 6.92 Å². The molecular weight excluding hydrogens is 222 g/mol. The number of thioether (sulfide) groups is 1. The highest BCUT2D eigenvalue weighted by molar-refractivity contribution is 7.99. The van der Waals surface area contributed by atoms with E-state index in [1.54, 1.807) is 11.8 Å². The fourth-order valence-corrected chi connectivity index (χ4v) is 2.97. The van der Waals surface area contributed by atoms with Gasteiger partial charge in [-0.05, 0) is 38.8 Å². The Kier molecular flexibility index (Phi) is 4.01. The molecule has 1 aromatic rings. The summed E-state index contributed by atoms with van der Waals surface area (Å²) in [7, 11) is 0. The minimum atomic E-state index is -0.0553. The topological polar surface area (TPSA) is 57.8 Å². The molecule has 0 saturated carbocycles. The van der Waals surface area contributed by atoms with E-state index >= 15 is 0 Å². The number of nitrogens with one attached hydrogen (secondary N) is 2. The number of aromatic amines is 1. The van der Waals surface area contributed by atoms with Gasteiger partial charge in [0.15, 0.2) is 5.16 Å². The second-order valence-corrected chi connectivity index (χ2v) is 5.21. The van der Waals surface area contributed by atoms with Gasteiger partial charge in [-0.25, -0.2) is 4.98 Å². The number of aryl methyl sites for hydroxylation is 1. The number of rotatable bonds is 3. The van der Waals surface area contributed by atoms with Gasteiger partial charge in [0.25, 0.3) is 5.56 Å². The summed E-state index contributed by atoms with van der Waals surface area (Å²) in [5.41, 5.74) is 0.733. The van der Waals surface area contributed by atoms with Gasteiger partial charge in [0, 0.05) is 17.5 Å². The molecule has 0 unspecified atom stereocenters. The first-order valence-electron chi connectivity index (χ1n) is 5.65. The summed E-state index contributed by atoms with van der Waals surface area (Å²) >= 11 is 1.66. The fourth-order valence-electron chi connectivity index (χ4n) is 1.87. The average Bonchev–Trinajstić information content (AvgIpc) is 2.27. The monoisotopic (exact) mass is 239 g/mol. The third-order valence-electron chi connectivity index (χ3n) is 2.76. The molecule has 0 bridgehead atoms. The molecule has 4 nitrogen and oxygen atoms in total. The second-order valence-electron chi connectivity index (χ2n) is 4.20. The highest BCUT2D eigenvalue weighted by Crippen LogP contribution is 2.21. The number of hydrogen-bond acceptors (Lipinski definition) is 4. The van der Waals surface area contributed by atoms with Gasteiger partial charge in [0.2, 0.25) is 0 Å². The van der Waals surface area contributed by atoms with Crippen molar-refractivity contribution < 1.29 is 0 Å². The molecule has 88 valence electrons. The zero-order valence-electron chi connectivity index (χ0n) is 9.45. The smallest absolute Gasteiger partial charge is 0.251 e. The lowest BCUT2D eigenvalue weighted by Crippen LogP contribution is -2.28. The summed E-state index contributed by atoms with van der Waals surface area (Å²) in [6.07, 6.45) is 2.45. The summed E-state index contributed by atoms with van der Waals surface area (Å²) in [6, 6.07) is 1.52. The molecule has 1 aliphatic heterocycles. The van der Waals surface area contributed by atoms with Crippen molar-refractivity contribution in [1.82, 2.24) is 15.3 Å². The summed E-state index contributed by atoms with van der Waals surface area (Å²) in [4.78, 5) is 18.3. The van der Waals surface area contributed by atoms with Crippen molar-refractivity contribution >= 4 is 11.8 Å². The Morgan fingerprint density at radius 3 is 2.94 bits per heavy atom. The highest BCUT2D eigenvalue weighted by atomic mass is 32.2. The van der Waals surface area contributed by atoms with Gasteiger partial charge in [-0.1, -0.05) is 11.8 Å². The second kappa shape index (κ2) is 5.50. The standard InChI is InChI=1S/C11H17N3OS/c1-8-6-10(15)14-11(13-8)16-7-9-2-4-12-5-3-9/h6,9,12H,2-5,7H2,1H3,(H,13,14,15). The maximum atomic E-state index is 11.2. The molecule has 2 heterocycles. The molecule has 16 heavy (non-hydrogen) atoms. The van der Waals surface area contributed by atoms with Crippen LogP contribution < -0.4 is 10.9 Å². The molecule has 0 amide bonds. The maximum Gasteiger partial charge on any atom is 0.251 e. The van der Waals surface area contributed by atoms with Crippen molar-refractivity contribution in [1.29, 1.82) is 0 Å². The van der Waals surface area contributed by atoms with Crippen LogP contribution in [0, 0.1) is 12.8 Å². The Balaban J connectivity index is 1.90. The predicted molar refractivity (Wildman–Crippen MR) is 65.9 cm³/mol. The largest absolute Gasteiger partial charge is 0.317 e. The molecule has 1 saturated heterocycles. The Bertz CT molecular complexity index is 398. The van der Waals surface area contributed by atoms with Crippen LogP contribution in [0.1, 0.15) is 18.5 Å². The van der Waals surface area contributed by atoms with Gasteiger partial charge in [-0.2, -0.15) is 0 Å². The van der Waals surface area contributed by atoms with Crippen LogP contribution in [-0.2, 0) is 0 Å². The Morgan fingerprint density at radius 2 is 2.25 bits per heavy atom. The maximum absolute atomic E-state index is 11.2. The first-order chi connectivity index (χ1) is 7.74. The van der Waals surface area contributed by atoms with E-state index in [2.05, 4.69) is 15.3 Å². The molecular formula is C11H17N3OS. The van der Waals surface area contributed by atoms with Crippen molar-refractivity contribution in [3.63, 3.8) is 0 Å². The third-order valence-corrected chi connectivity index (χ3v) is 3.87. The Hall–Kier alpha value is -0.810. The van der Waals surface area contributed by atoms with Crippen LogP contribution in [0.2, 0.25) is 0 Å². The molecule has 2 N–H and O–H groups in total. The lowest BCUT2D eigenvalue weighted by atomic mass is 10.0. The zero-order chi connectivity index (χ0) is 11.4. The normalized spacial score (nSPS) is 17.6. The van der Waals surface area contributed by atoms with E-state index in [0.717, 1.165) is 35.6 Å². The minimum Gasteiger partial charge on any atom is -0.317 e. The van der Waals surface area contributed by atoms with E-state index in [4.69, 9.17) is 0 Å². The fraction of sp³-hybridized carbons (Fsp3) is 0.636. The number of hydrogen-bond donors (Lipinski definition) is 2. The Morgan fingerprint density at radius 1 is 1.50 bits per heavy atom. The summed E-state index contributed by atoms with van der Waals surface area (Å²) in [6.45, 7) is 4.08. The molecule has 0 radical (unpaired) electrons. The Labute approximate surface area is 99.3 Å². The predicted octanol–water partition coefficient (Wildman–Crippen LogP) is 1.17. The van der Waals surface area contributed by atoms with Crippen LogP contribution in [0.4, 0.5) is 0 Å².